The molecule has 2 nitrogen and oxygen atoms in total. The summed E-state index contributed by atoms with van der Waals surface area (Å²) in [6.07, 6.45) is 0. The van der Waals surface area contributed by atoms with Gasteiger partial charge in [-0.25, -0.2) is 0 Å². The van der Waals surface area contributed by atoms with E-state index in [9.17, 15) is 0 Å². The van der Waals surface area contributed by atoms with Crippen LogP contribution in [0.1, 0.15) is 25.0 Å². The number of anilines is 3. The van der Waals surface area contributed by atoms with Crippen molar-refractivity contribution >= 4 is 64.5 Å². The summed E-state index contributed by atoms with van der Waals surface area (Å²) in [5.74, 6) is 0. The van der Waals surface area contributed by atoms with Gasteiger partial charge in [0.1, 0.15) is 0 Å². The van der Waals surface area contributed by atoms with E-state index in [1.54, 1.807) is 0 Å². The maximum absolute atomic E-state index is 15.6. The smallest absolute Gasteiger partial charge is 0.170 e. The number of benzene rings is 6. The molecule has 0 amide bonds. The van der Waals surface area contributed by atoms with Crippen molar-refractivity contribution < 1.29 is 4.57 Å². The summed E-state index contributed by atoms with van der Waals surface area (Å²) in [5, 5.41) is 6.57. The van der Waals surface area contributed by atoms with Crippen LogP contribution in [-0.2, 0) is 9.98 Å². The predicted octanol–water partition coefficient (Wildman–Crippen LogP) is 6.26. The lowest BCUT2D eigenvalue weighted by atomic mass is 9.73. The second-order valence-electron chi connectivity index (χ2n) is 11.9. The lowest BCUT2D eigenvalue weighted by Crippen LogP contribution is -2.65. The molecule has 0 saturated heterocycles. The van der Waals surface area contributed by atoms with Crippen LogP contribution in [0, 0.1) is 0 Å². The van der Waals surface area contributed by atoms with E-state index in [-0.39, 0.29) is 5.41 Å². The van der Waals surface area contributed by atoms with Crippen LogP contribution in [0.15, 0.2) is 152 Å². The number of fused-ring (bicyclic) bond motifs is 4. The second-order valence-corrected chi connectivity index (χ2v) is 17.0. The fourth-order valence-corrected chi connectivity index (χ4v) is 14.2. The molecule has 207 valence electrons. The van der Waals surface area contributed by atoms with E-state index < -0.39 is 15.9 Å². The molecule has 8 rings (SSSR count). The van der Waals surface area contributed by atoms with Crippen LogP contribution in [0.5, 0.6) is 0 Å². The summed E-state index contributed by atoms with van der Waals surface area (Å²) in [7, 11) is -4.56. The molecular formula is C39H31NOPSi. The van der Waals surface area contributed by atoms with Gasteiger partial charge in [-0.3, -0.25) is 0 Å². The third-order valence-electron chi connectivity index (χ3n) is 9.18. The molecule has 2 aliphatic heterocycles. The highest BCUT2D eigenvalue weighted by molar-refractivity contribution is 7.86. The first kappa shape index (κ1) is 26.2. The minimum absolute atomic E-state index is 0.126. The van der Waals surface area contributed by atoms with Gasteiger partial charge in [-0.1, -0.05) is 140 Å². The molecule has 0 spiro atoms. The van der Waals surface area contributed by atoms with Gasteiger partial charge in [0.15, 0.2) is 15.9 Å². The van der Waals surface area contributed by atoms with Crippen molar-refractivity contribution in [2.75, 3.05) is 4.90 Å². The second kappa shape index (κ2) is 9.81. The Labute approximate surface area is 255 Å². The highest BCUT2D eigenvalue weighted by atomic mass is 31.2. The molecule has 2 aliphatic rings. The zero-order valence-electron chi connectivity index (χ0n) is 24.2. The van der Waals surface area contributed by atoms with E-state index in [1.165, 1.54) is 38.1 Å². The lowest BCUT2D eigenvalue weighted by molar-refractivity contribution is 0.592. The molecule has 0 aliphatic carbocycles. The molecule has 1 atom stereocenters. The molecule has 2 heterocycles. The predicted molar refractivity (Wildman–Crippen MR) is 184 cm³/mol. The minimum Gasteiger partial charge on any atom is -0.310 e. The Balaban J connectivity index is 1.43. The SMILES string of the molecule is CC1(C)c2ccccc2N(c2ccc3c(c2)[Si](c2ccccc2)c2ccccc2P3(=O)c2ccccc2)c2ccccc21. The van der Waals surface area contributed by atoms with Gasteiger partial charge < -0.3 is 9.46 Å². The van der Waals surface area contributed by atoms with Crippen molar-refractivity contribution in [3.8, 4) is 0 Å². The first-order valence-corrected chi connectivity index (χ1v) is 18.0. The van der Waals surface area contributed by atoms with Crippen molar-refractivity contribution in [3.63, 3.8) is 0 Å². The number of hydrogen-bond donors (Lipinski definition) is 0. The molecule has 0 fully saturated rings. The van der Waals surface area contributed by atoms with Gasteiger partial charge >= 0.3 is 0 Å². The highest BCUT2D eigenvalue weighted by Crippen LogP contribution is 2.52. The maximum atomic E-state index is 15.6. The van der Waals surface area contributed by atoms with Crippen LogP contribution in [0.2, 0.25) is 0 Å². The highest BCUT2D eigenvalue weighted by Gasteiger charge is 2.43. The van der Waals surface area contributed by atoms with Gasteiger partial charge in [0.2, 0.25) is 0 Å². The van der Waals surface area contributed by atoms with Crippen LogP contribution in [-0.4, -0.2) is 8.80 Å². The van der Waals surface area contributed by atoms with E-state index in [1.807, 2.05) is 36.4 Å². The average molecular weight is 589 g/mol. The fourth-order valence-electron chi connectivity index (χ4n) is 7.15. The van der Waals surface area contributed by atoms with E-state index in [0.29, 0.717) is 0 Å². The number of para-hydroxylation sites is 2. The molecule has 43 heavy (non-hydrogen) atoms. The molecular weight excluding hydrogens is 557 g/mol. The zero-order valence-corrected chi connectivity index (χ0v) is 26.1. The maximum Gasteiger partial charge on any atom is 0.170 e. The van der Waals surface area contributed by atoms with Gasteiger partial charge in [-0.05, 0) is 51.8 Å². The van der Waals surface area contributed by atoms with Crippen LogP contribution in [0.3, 0.4) is 0 Å². The van der Waals surface area contributed by atoms with Crippen molar-refractivity contribution in [1.82, 2.24) is 0 Å². The summed E-state index contributed by atoms with van der Waals surface area (Å²) < 4.78 is 15.6. The summed E-state index contributed by atoms with van der Waals surface area (Å²) in [5.41, 5.74) is 5.98. The molecule has 0 aromatic heterocycles. The van der Waals surface area contributed by atoms with Crippen molar-refractivity contribution in [2.45, 2.75) is 19.3 Å². The van der Waals surface area contributed by atoms with Crippen molar-refractivity contribution in [3.05, 3.63) is 163 Å². The molecule has 0 saturated carbocycles. The fraction of sp³-hybridized carbons (Fsp3) is 0.0769. The van der Waals surface area contributed by atoms with Crippen LogP contribution < -0.4 is 36.4 Å². The van der Waals surface area contributed by atoms with Crippen molar-refractivity contribution in [1.29, 1.82) is 0 Å². The quantitative estimate of drug-likeness (QED) is 0.179. The summed E-state index contributed by atoms with van der Waals surface area (Å²) in [6, 6.07) is 53.6. The average Bonchev–Trinajstić information content (AvgIpc) is 3.06. The number of rotatable bonds is 3. The molecule has 0 bridgehead atoms. The van der Waals surface area contributed by atoms with Crippen molar-refractivity contribution in [2.24, 2.45) is 0 Å². The zero-order chi connectivity index (χ0) is 29.2. The first-order chi connectivity index (χ1) is 21.0. The van der Waals surface area contributed by atoms with Gasteiger partial charge in [0, 0.05) is 27.0 Å². The van der Waals surface area contributed by atoms with E-state index in [4.69, 9.17) is 0 Å². The Morgan fingerprint density at radius 2 is 1.09 bits per heavy atom. The molecule has 6 aromatic carbocycles. The molecule has 1 radical (unpaired) electrons. The van der Waals surface area contributed by atoms with Gasteiger partial charge in [-0.15, -0.1) is 0 Å². The lowest BCUT2D eigenvalue weighted by Gasteiger charge is -2.42. The van der Waals surface area contributed by atoms with Gasteiger partial charge in [0.25, 0.3) is 0 Å². The minimum atomic E-state index is -3.11. The third-order valence-corrected chi connectivity index (χ3v) is 15.6. The Kier molecular flexibility index (Phi) is 5.98. The standard InChI is InChI=1S/C39H31NOPSi/c1-39(2)31-19-9-11-21-33(31)40(34-22-12-10-20-32(34)39)28-25-26-36-38(27-28)43(30-17-7-4-8-18-30)37-24-14-13-23-35(37)42(36,41)29-15-5-3-6-16-29/h3-27H,1-2H3. The van der Waals surface area contributed by atoms with E-state index in [0.717, 1.165) is 21.6 Å². The normalized spacial score (nSPS) is 18.2. The van der Waals surface area contributed by atoms with Crippen LogP contribution in [0.25, 0.3) is 0 Å². The topological polar surface area (TPSA) is 20.3 Å². The first-order valence-electron chi connectivity index (χ1n) is 14.8. The van der Waals surface area contributed by atoms with Crippen LogP contribution in [0.4, 0.5) is 17.1 Å². The molecule has 6 aromatic rings. The van der Waals surface area contributed by atoms with Gasteiger partial charge in [0.05, 0.1) is 11.4 Å². The Hall–Kier alpha value is -4.43. The summed E-state index contributed by atoms with van der Waals surface area (Å²) in [6.45, 7) is 4.64. The molecule has 0 N–H and O–H groups in total. The largest absolute Gasteiger partial charge is 0.310 e. The van der Waals surface area contributed by atoms with E-state index in [2.05, 4.69) is 134 Å². The van der Waals surface area contributed by atoms with E-state index >= 15 is 4.57 Å². The third kappa shape index (κ3) is 3.82. The Morgan fingerprint density at radius 3 is 1.77 bits per heavy atom. The summed E-state index contributed by atoms with van der Waals surface area (Å²) in [4.78, 5) is 2.41. The molecule has 4 heteroatoms. The Morgan fingerprint density at radius 1 is 0.558 bits per heavy atom. The van der Waals surface area contributed by atoms with Gasteiger partial charge in [-0.2, -0.15) is 0 Å². The monoisotopic (exact) mass is 588 g/mol. The number of hydrogen-bond acceptors (Lipinski definition) is 2. The summed E-state index contributed by atoms with van der Waals surface area (Å²) >= 11 is 0. The number of nitrogens with zero attached hydrogens (tertiary/aromatic N) is 1. The molecule has 1 unspecified atom stereocenters. The van der Waals surface area contributed by atoms with Crippen LogP contribution >= 0.6 is 7.14 Å². The Bertz CT molecular complexity index is 2000.